The molecule has 1 unspecified atom stereocenters. The molecular weight excluding hydrogens is 272 g/mol. The van der Waals surface area contributed by atoms with Crippen molar-refractivity contribution in [2.45, 2.75) is 58.0 Å². The van der Waals surface area contributed by atoms with Crippen molar-refractivity contribution in [3.8, 4) is 0 Å². The van der Waals surface area contributed by atoms with Crippen LogP contribution in [0.25, 0.3) is 0 Å². The standard InChI is InChI=1S/C13H15ClN2O.C3H8/c14-9-4-6-10(7-5-9)15-13(17)16-11-2-1-3-12(16)8-11;1-3-2/h4-7,11-12H,1-3,8H2,(H,15,17);3H2,1-2H3/t11-,12?;/m1./s1. The van der Waals surface area contributed by atoms with Gasteiger partial charge in [0.05, 0.1) is 0 Å². The summed E-state index contributed by atoms with van der Waals surface area (Å²) in [6.45, 7) is 4.25. The van der Waals surface area contributed by atoms with E-state index in [0.29, 0.717) is 17.1 Å². The number of hydrogen-bond acceptors (Lipinski definition) is 1. The monoisotopic (exact) mass is 294 g/mol. The van der Waals surface area contributed by atoms with Gasteiger partial charge in [0.2, 0.25) is 0 Å². The van der Waals surface area contributed by atoms with E-state index in [1.54, 1.807) is 12.1 Å². The van der Waals surface area contributed by atoms with E-state index >= 15 is 0 Å². The molecule has 0 spiro atoms. The average Bonchev–Trinajstić information content (AvgIpc) is 2.43. The van der Waals surface area contributed by atoms with Gasteiger partial charge in [-0.2, -0.15) is 0 Å². The number of hydrogen-bond donors (Lipinski definition) is 1. The number of benzene rings is 1. The maximum atomic E-state index is 12.1. The Bertz CT molecular complexity index is 432. The largest absolute Gasteiger partial charge is 0.322 e. The molecule has 1 aromatic rings. The topological polar surface area (TPSA) is 32.3 Å². The second-order valence-electron chi connectivity index (χ2n) is 5.53. The van der Waals surface area contributed by atoms with Gasteiger partial charge in [0, 0.05) is 22.8 Å². The van der Waals surface area contributed by atoms with Gasteiger partial charge in [-0.3, -0.25) is 0 Å². The molecule has 0 saturated carbocycles. The average molecular weight is 295 g/mol. The number of piperidine rings is 1. The van der Waals surface area contributed by atoms with Gasteiger partial charge in [0.1, 0.15) is 0 Å². The summed E-state index contributed by atoms with van der Waals surface area (Å²) in [7, 11) is 0. The Morgan fingerprint density at radius 2 is 1.80 bits per heavy atom. The Labute approximate surface area is 126 Å². The maximum absolute atomic E-state index is 12.1. The van der Waals surface area contributed by atoms with Crippen LogP contribution in [0.4, 0.5) is 10.5 Å². The molecule has 0 aliphatic carbocycles. The van der Waals surface area contributed by atoms with E-state index in [4.69, 9.17) is 11.6 Å². The van der Waals surface area contributed by atoms with Crippen LogP contribution in [0.1, 0.15) is 46.0 Å². The molecule has 2 amide bonds. The molecule has 3 nitrogen and oxygen atoms in total. The Morgan fingerprint density at radius 3 is 2.30 bits per heavy atom. The minimum Gasteiger partial charge on any atom is -0.318 e. The minimum atomic E-state index is 0.0354. The van der Waals surface area contributed by atoms with Crippen molar-refractivity contribution < 1.29 is 4.79 Å². The highest BCUT2D eigenvalue weighted by atomic mass is 35.5. The lowest BCUT2D eigenvalue weighted by atomic mass is 9.80. The normalized spacial score (nSPS) is 23.2. The Balaban J connectivity index is 0.000000452. The number of rotatable bonds is 1. The zero-order valence-corrected chi connectivity index (χ0v) is 13.0. The quantitative estimate of drug-likeness (QED) is 0.784. The lowest BCUT2D eigenvalue weighted by Gasteiger charge is -2.52. The van der Waals surface area contributed by atoms with Crippen molar-refractivity contribution >= 4 is 23.3 Å². The fourth-order valence-electron chi connectivity index (χ4n) is 2.86. The van der Waals surface area contributed by atoms with Crippen LogP contribution < -0.4 is 5.32 Å². The zero-order chi connectivity index (χ0) is 14.5. The number of carbonyl (C=O) groups excluding carboxylic acids is 1. The van der Waals surface area contributed by atoms with Crippen LogP contribution in [0.5, 0.6) is 0 Å². The van der Waals surface area contributed by atoms with Crippen LogP contribution in [0.3, 0.4) is 0 Å². The highest BCUT2D eigenvalue weighted by molar-refractivity contribution is 6.30. The van der Waals surface area contributed by atoms with Crippen LogP contribution in [-0.4, -0.2) is 23.0 Å². The fourth-order valence-corrected chi connectivity index (χ4v) is 2.98. The van der Waals surface area contributed by atoms with Crippen LogP contribution in [0.2, 0.25) is 5.02 Å². The molecule has 1 aromatic carbocycles. The second-order valence-corrected chi connectivity index (χ2v) is 5.96. The molecule has 2 aliphatic heterocycles. The molecule has 20 heavy (non-hydrogen) atoms. The molecule has 1 N–H and O–H groups in total. The first-order valence-electron chi connectivity index (χ1n) is 7.50. The summed E-state index contributed by atoms with van der Waals surface area (Å²) in [6, 6.07) is 8.21. The maximum Gasteiger partial charge on any atom is 0.322 e. The number of urea groups is 1. The first-order valence-corrected chi connectivity index (χ1v) is 7.88. The first-order chi connectivity index (χ1) is 9.65. The van der Waals surface area contributed by atoms with E-state index in [0.717, 1.165) is 18.5 Å². The van der Waals surface area contributed by atoms with Crippen molar-refractivity contribution in [3.63, 3.8) is 0 Å². The minimum absolute atomic E-state index is 0.0354. The Kier molecular flexibility index (Phi) is 5.30. The SMILES string of the molecule is CCC.O=C(Nc1ccc(Cl)cc1)N1C2CCC[C@@H]1C2. The third-order valence-electron chi connectivity index (χ3n) is 3.74. The summed E-state index contributed by atoms with van der Waals surface area (Å²) >= 11 is 5.80. The van der Waals surface area contributed by atoms with Gasteiger partial charge in [-0.25, -0.2) is 4.79 Å². The third kappa shape index (κ3) is 3.45. The summed E-state index contributed by atoms with van der Waals surface area (Å²) in [5, 5.41) is 3.61. The summed E-state index contributed by atoms with van der Waals surface area (Å²) in [6.07, 6.45) is 6.02. The molecule has 2 saturated heterocycles. The number of carbonyl (C=O) groups is 1. The smallest absolute Gasteiger partial charge is 0.318 e. The number of halogens is 1. The molecule has 110 valence electrons. The molecule has 4 heteroatoms. The van der Waals surface area contributed by atoms with Crippen molar-refractivity contribution in [1.82, 2.24) is 4.90 Å². The summed E-state index contributed by atoms with van der Waals surface area (Å²) in [4.78, 5) is 14.1. The van der Waals surface area contributed by atoms with E-state index in [1.165, 1.54) is 19.3 Å². The molecule has 2 atom stereocenters. The van der Waals surface area contributed by atoms with Gasteiger partial charge >= 0.3 is 6.03 Å². The summed E-state index contributed by atoms with van der Waals surface area (Å²) < 4.78 is 0. The molecule has 2 bridgehead atoms. The van der Waals surface area contributed by atoms with Crippen molar-refractivity contribution in [1.29, 1.82) is 0 Å². The highest BCUT2D eigenvalue weighted by Gasteiger charge is 2.44. The zero-order valence-electron chi connectivity index (χ0n) is 12.2. The van der Waals surface area contributed by atoms with Crippen molar-refractivity contribution in [3.05, 3.63) is 29.3 Å². The van der Waals surface area contributed by atoms with E-state index in [9.17, 15) is 4.79 Å². The van der Waals surface area contributed by atoms with Gasteiger partial charge in [-0.1, -0.05) is 31.9 Å². The van der Waals surface area contributed by atoms with E-state index in [-0.39, 0.29) is 6.03 Å². The Hall–Kier alpha value is -1.22. The van der Waals surface area contributed by atoms with E-state index in [2.05, 4.69) is 19.2 Å². The van der Waals surface area contributed by atoms with E-state index in [1.807, 2.05) is 17.0 Å². The van der Waals surface area contributed by atoms with Gasteiger partial charge in [0.15, 0.2) is 0 Å². The van der Waals surface area contributed by atoms with Gasteiger partial charge in [0.25, 0.3) is 0 Å². The number of fused-ring (bicyclic) bond motifs is 2. The lowest BCUT2D eigenvalue weighted by molar-refractivity contribution is 0.0173. The molecular formula is C16H23ClN2O. The van der Waals surface area contributed by atoms with Crippen molar-refractivity contribution in [2.75, 3.05) is 5.32 Å². The third-order valence-corrected chi connectivity index (χ3v) is 3.99. The summed E-state index contributed by atoms with van der Waals surface area (Å²) in [5.74, 6) is 0. The number of amides is 2. The Morgan fingerprint density at radius 1 is 1.25 bits per heavy atom. The number of nitrogens with one attached hydrogen (secondary N) is 1. The highest BCUT2D eigenvalue weighted by Crippen LogP contribution is 2.38. The molecule has 0 aromatic heterocycles. The van der Waals surface area contributed by atoms with Crippen LogP contribution in [-0.2, 0) is 0 Å². The molecule has 2 aliphatic rings. The van der Waals surface area contributed by atoms with Crippen LogP contribution >= 0.6 is 11.6 Å². The van der Waals surface area contributed by atoms with Crippen molar-refractivity contribution in [2.24, 2.45) is 0 Å². The molecule has 3 rings (SSSR count). The van der Waals surface area contributed by atoms with Gasteiger partial charge < -0.3 is 10.2 Å². The lowest BCUT2D eigenvalue weighted by Crippen LogP contribution is -2.62. The van der Waals surface area contributed by atoms with Gasteiger partial charge in [-0.05, 0) is 49.9 Å². The predicted octanol–water partition coefficient (Wildman–Crippen LogP) is 4.92. The van der Waals surface area contributed by atoms with Gasteiger partial charge in [-0.15, -0.1) is 0 Å². The molecule has 2 heterocycles. The number of anilines is 1. The molecule has 2 fully saturated rings. The predicted molar refractivity (Wildman–Crippen MR) is 84.3 cm³/mol. The van der Waals surface area contributed by atoms with E-state index < -0.39 is 0 Å². The molecule has 0 radical (unpaired) electrons. The number of nitrogens with zero attached hydrogens (tertiary/aromatic N) is 1. The first kappa shape index (κ1) is 15.2. The van der Waals surface area contributed by atoms with Crippen LogP contribution in [0.15, 0.2) is 24.3 Å². The van der Waals surface area contributed by atoms with Crippen LogP contribution in [0, 0.1) is 0 Å². The summed E-state index contributed by atoms with van der Waals surface area (Å²) in [5.41, 5.74) is 0.810. The second kappa shape index (κ2) is 6.98. The fraction of sp³-hybridized carbons (Fsp3) is 0.562.